The predicted molar refractivity (Wildman–Crippen MR) is 76.2 cm³/mol. The number of rotatable bonds is 0. The Hall–Kier alpha value is -1.57. The molecule has 1 aromatic heterocycles. The minimum absolute atomic E-state index is 0.526. The number of nitrogens with zero attached hydrogens (tertiary/aromatic N) is 1. The largest absolute Gasteiger partial charge is 0.345 e. The standard InChI is InChI=1S/C14H10N2S2/c15-8-10-7-9-5-6-18-12-4-2-1-3-11(12)13(9)16-14(10)17/h1-4,7H,5-6H2,(H,16,17). The second-order valence-corrected chi connectivity index (χ2v) is 5.66. The quantitative estimate of drug-likeness (QED) is 0.737. The smallest absolute Gasteiger partial charge is 0.121 e. The van der Waals surface area contributed by atoms with Crippen LogP contribution in [0.4, 0.5) is 0 Å². The molecule has 88 valence electrons. The van der Waals surface area contributed by atoms with Crippen LogP contribution in [0, 0.1) is 16.0 Å². The summed E-state index contributed by atoms with van der Waals surface area (Å²) in [6, 6.07) is 12.4. The third-order valence-corrected chi connectivity index (χ3v) is 4.43. The molecule has 4 heteroatoms. The first-order valence-corrected chi connectivity index (χ1v) is 7.07. The van der Waals surface area contributed by atoms with Gasteiger partial charge in [-0.2, -0.15) is 5.26 Å². The van der Waals surface area contributed by atoms with Crippen LogP contribution in [0.2, 0.25) is 0 Å². The van der Waals surface area contributed by atoms with Crippen molar-refractivity contribution in [2.24, 2.45) is 0 Å². The van der Waals surface area contributed by atoms with Crippen LogP contribution in [-0.2, 0) is 6.42 Å². The number of aromatic nitrogens is 1. The van der Waals surface area contributed by atoms with Crippen molar-refractivity contribution in [2.45, 2.75) is 11.3 Å². The Morgan fingerprint density at radius 2 is 2.17 bits per heavy atom. The number of hydrogen-bond donors (Lipinski definition) is 1. The van der Waals surface area contributed by atoms with Gasteiger partial charge < -0.3 is 4.98 Å². The molecule has 1 N–H and O–H groups in total. The van der Waals surface area contributed by atoms with Crippen LogP contribution in [0.3, 0.4) is 0 Å². The van der Waals surface area contributed by atoms with Gasteiger partial charge in [0, 0.05) is 16.2 Å². The Kier molecular flexibility index (Phi) is 2.94. The molecule has 0 unspecified atom stereocenters. The lowest BCUT2D eigenvalue weighted by atomic mass is 10.0. The Morgan fingerprint density at radius 3 is 3.00 bits per heavy atom. The van der Waals surface area contributed by atoms with E-state index in [0.29, 0.717) is 10.2 Å². The van der Waals surface area contributed by atoms with Crippen molar-refractivity contribution < 1.29 is 0 Å². The predicted octanol–water partition coefficient (Wildman–Crippen LogP) is 3.93. The van der Waals surface area contributed by atoms with Crippen LogP contribution in [0.25, 0.3) is 11.3 Å². The van der Waals surface area contributed by atoms with Crippen LogP contribution in [0.5, 0.6) is 0 Å². The fraction of sp³-hybridized carbons (Fsp3) is 0.143. The maximum atomic E-state index is 9.04. The lowest BCUT2D eigenvalue weighted by Crippen LogP contribution is -1.96. The molecule has 2 heterocycles. The molecular formula is C14H10N2S2. The number of benzene rings is 1. The number of nitriles is 1. The lowest BCUT2D eigenvalue weighted by Gasteiger charge is -2.09. The van der Waals surface area contributed by atoms with Crippen LogP contribution >= 0.6 is 24.0 Å². The molecule has 0 saturated heterocycles. The monoisotopic (exact) mass is 270 g/mol. The fourth-order valence-corrected chi connectivity index (χ4v) is 3.41. The summed E-state index contributed by atoms with van der Waals surface area (Å²) in [4.78, 5) is 4.49. The molecule has 0 spiro atoms. The molecule has 0 radical (unpaired) electrons. The molecule has 1 aliphatic heterocycles. The molecule has 0 fully saturated rings. The highest BCUT2D eigenvalue weighted by Crippen LogP contribution is 2.36. The van der Waals surface area contributed by atoms with E-state index in [-0.39, 0.29) is 0 Å². The minimum atomic E-state index is 0.526. The lowest BCUT2D eigenvalue weighted by molar-refractivity contribution is 1.12. The summed E-state index contributed by atoms with van der Waals surface area (Å²) in [6.45, 7) is 0. The molecule has 0 saturated carbocycles. The van der Waals surface area contributed by atoms with Crippen molar-refractivity contribution in [3.05, 3.63) is 46.1 Å². The van der Waals surface area contributed by atoms with Gasteiger partial charge in [-0.15, -0.1) is 11.8 Å². The highest BCUT2D eigenvalue weighted by Gasteiger charge is 2.15. The molecule has 0 atom stereocenters. The van der Waals surface area contributed by atoms with Crippen molar-refractivity contribution in [3.63, 3.8) is 0 Å². The minimum Gasteiger partial charge on any atom is -0.345 e. The number of hydrogen-bond acceptors (Lipinski definition) is 3. The van der Waals surface area contributed by atoms with Crippen molar-refractivity contribution >= 4 is 24.0 Å². The van der Waals surface area contributed by atoms with Crippen LogP contribution in [0.15, 0.2) is 35.2 Å². The van der Waals surface area contributed by atoms with Crippen molar-refractivity contribution in [1.82, 2.24) is 4.98 Å². The molecule has 2 aromatic rings. The number of thioether (sulfide) groups is 1. The van der Waals surface area contributed by atoms with Gasteiger partial charge in [0.05, 0.1) is 11.3 Å². The third-order valence-electron chi connectivity index (χ3n) is 3.03. The molecule has 0 bridgehead atoms. The highest BCUT2D eigenvalue weighted by molar-refractivity contribution is 7.99. The van der Waals surface area contributed by atoms with E-state index in [4.69, 9.17) is 17.5 Å². The molecule has 0 amide bonds. The van der Waals surface area contributed by atoms with Crippen molar-refractivity contribution in [1.29, 1.82) is 5.26 Å². The Balaban J connectivity index is 2.31. The van der Waals surface area contributed by atoms with Gasteiger partial charge in [-0.1, -0.05) is 30.4 Å². The zero-order valence-corrected chi connectivity index (χ0v) is 11.2. The molecule has 2 nitrogen and oxygen atoms in total. The Bertz CT molecular complexity index is 710. The molecule has 0 aliphatic carbocycles. The molecule has 1 aromatic carbocycles. The molecule has 1 aliphatic rings. The number of H-pyrrole nitrogens is 1. The van der Waals surface area contributed by atoms with Gasteiger partial charge in [0.25, 0.3) is 0 Å². The first-order valence-electron chi connectivity index (χ1n) is 5.68. The van der Waals surface area contributed by atoms with E-state index in [0.717, 1.165) is 17.9 Å². The number of fused-ring (bicyclic) bond motifs is 3. The van der Waals surface area contributed by atoms with Crippen LogP contribution in [-0.4, -0.2) is 10.7 Å². The normalized spacial score (nSPS) is 13.1. The maximum absolute atomic E-state index is 9.04. The summed E-state index contributed by atoms with van der Waals surface area (Å²) in [5, 5.41) is 9.04. The van der Waals surface area contributed by atoms with Gasteiger partial charge >= 0.3 is 0 Å². The second kappa shape index (κ2) is 4.60. The SMILES string of the molecule is N#Cc1cc2c([nH]c1=S)-c1ccccc1SCC2. The van der Waals surface area contributed by atoms with E-state index in [1.807, 2.05) is 23.9 Å². The number of aryl methyl sites for hydroxylation is 1. The molecule has 3 rings (SSSR count). The molecule has 18 heavy (non-hydrogen) atoms. The van der Waals surface area contributed by atoms with E-state index in [1.54, 1.807) is 0 Å². The second-order valence-electron chi connectivity index (χ2n) is 4.12. The first-order chi connectivity index (χ1) is 8.79. The first kappa shape index (κ1) is 11.5. The number of aromatic amines is 1. The topological polar surface area (TPSA) is 39.6 Å². The average molecular weight is 270 g/mol. The summed E-state index contributed by atoms with van der Waals surface area (Å²) in [5.74, 6) is 1.03. The fourth-order valence-electron chi connectivity index (χ4n) is 2.16. The van der Waals surface area contributed by atoms with Gasteiger partial charge in [0.1, 0.15) is 10.7 Å². The number of nitrogens with one attached hydrogen (secondary N) is 1. The summed E-state index contributed by atoms with van der Waals surface area (Å²) < 4.78 is 0.526. The molecular weight excluding hydrogens is 260 g/mol. The van der Waals surface area contributed by atoms with Crippen LogP contribution in [0.1, 0.15) is 11.1 Å². The van der Waals surface area contributed by atoms with Gasteiger partial charge in [0.2, 0.25) is 0 Å². The average Bonchev–Trinajstić information content (AvgIpc) is 2.57. The van der Waals surface area contributed by atoms with E-state index in [2.05, 4.69) is 29.3 Å². The maximum Gasteiger partial charge on any atom is 0.121 e. The van der Waals surface area contributed by atoms with E-state index < -0.39 is 0 Å². The van der Waals surface area contributed by atoms with E-state index in [9.17, 15) is 0 Å². The Morgan fingerprint density at radius 1 is 1.33 bits per heavy atom. The van der Waals surface area contributed by atoms with E-state index >= 15 is 0 Å². The van der Waals surface area contributed by atoms with Gasteiger partial charge in [-0.25, -0.2) is 0 Å². The van der Waals surface area contributed by atoms with Gasteiger partial charge in [-0.05, 0) is 24.1 Å². The summed E-state index contributed by atoms with van der Waals surface area (Å²) in [6.07, 6.45) is 0.954. The Labute approximate surface area is 115 Å². The zero-order valence-electron chi connectivity index (χ0n) is 9.56. The summed E-state index contributed by atoms with van der Waals surface area (Å²) >= 11 is 7.07. The van der Waals surface area contributed by atoms with Gasteiger partial charge in [0.15, 0.2) is 0 Å². The van der Waals surface area contributed by atoms with Crippen LogP contribution < -0.4 is 0 Å². The number of pyridine rings is 1. The van der Waals surface area contributed by atoms with Gasteiger partial charge in [-0.3, -0.25) is 0 Å². The summed E-state index contributed by atoms with van der Waals surface area (Å²) in [5.41, 5.74) is 4.00. The zero-order chi connectivity index (χ0) is 12.5. The summed E-state index contributed by atoms with van der Waals surface area (Å²) in [7, 11) is 0. The van der Waals surface area contributed by atoms with E-state index in [1.165, 1.54) is 16.0 Å². The third kappa shape index (κ3) is 1.86. The van der Waals surface area contributed by atoms with Crippen molar-refractivity contribution in [3.8, 4) is 17.3 Å². The van der Waals surface area contributed by atoms with Crippen molar-refractivity contribution in [2.75, 3.05) is 5.75 Å². The highest BCUT2D eigenvalue weighted by atomic mass is 32.2.